The van der Waals surface area contributed by atoms with E-state index in [9.17, 15) is 4.39 Å². The molecule has 0 N–H and O–H groups in total. The van der Waals surface area contributed by atoms with Crippen LogP contribution in [0.1, 0.15) is 5.56 Å². The highest BCUT2D eigenvalue weighted by atomic mass is 19.1. The molecule has 0 aliphatic carbocycles. The summed E-state index contributed by atoms with van der Waals surface area (Å²) in [6, 6.07) is 9.72. The van der Waals surface area contributed by atoms with E-state index in [4.69, 9.17) is 5.26 Å². The molecule has 0 radical (unpaired) electrons. The van der Waals surface area contributed by atoms with E-state index in [2.05, 4.69) is 4.98 Å². The van der Waals surface area contributed by atoms with Gasteiger partial charge in [0.2, 0.25) is 0 Å². The molecule has 0 unspecified atom stereocenters. The number of pyridine rings is 1. The summed E-state index contributed by atoms with van der Waals surface area (Å²) in [5.41, 5.74) is 1.92. The summed E-state index contributed by atoms with van der Waals surface area (Å²) < 4.78 is 12.9. The molecule has 0 bridgehead atoms. The normalized spacial score (nSPS) is 9.60. The maximum absolute atomic E-state index is 12.9. The van der Waals surface area contributed by atoms with Crippen LogP contribution in [0.2, 0.25) is 0 Å². The molecule has 3 heteroatoms. The van der Waals surface area contributed by atoms with Crippen molar-refractivity contribution in [1.29, 1.82) is 5.26 Å². The van der Waals surface area contributed by atoms with Gasteiger partial charge in [-0.15, -0.1) is 0 Å². The van der Waals surface area contributed by atoms with Gasteiger partial charge in [-0.1, -0.05) is 6.07 Å². The van der Waals surface area contributed by atoms with Crippen molar-refractivity contribution in [3.8, 4) is 17.2 Å². The molecule has 72 valence electrons. The first-order valence-electron chi connectivity index (χ1n) is 4.41. The number of rotatable bonds is 1. The molecule has 1 heterocycles. The zero-order valence-electron chi connectivity index (χ0n) is 7.81. The van der Waals surface area contributed by atoms with E-state index < -0.39 is 5.82 Å². The van der Waals surface area contributed by atoms with Crippen LogP contribution in [0.5, 0.6) is 0 Å². The van der Waals surface area contributed by atoms with Gasteiger partial charge in [0, 0.05) is 12.4 Å². The van der Waals surface area contributed by atoms with Crippen molar-refractivity contribution < 1.29 is 4.39 Å². The molecular weight excluding hydrogens is 191 g/mol. The van der Waals surface area contributed by atoms with Crippen LogP contribution in [0, 0.1) is 17.1 Å². The van der Waals surface area contributed by atoms with Gasteiger partial charge in [-0.3, -0.25) is 4.98 Å². The van der Waals surface area contributed by atoms with Crippen LogP contribution in [0.3, 0.4) is 0 Å². The summed E-state index contributed by atoms with van der Waals surface area (Å²) in [5.74, 6) is -0.399. The van der Waals surface area contributed by atoms with Gasteiger partial charge in [-0.05, 0) is 35.4 Å². The lowest BCUT2D eigenvalue weighted by atomic mass is 10.0. The fraction of sp³-hybridized carbons (Fsp3) is 0. The Morgan fingerprint density at radius 3 is 2.53 bits per heavy atom. The molecule has 0 amide bonds. The molecule has 15 heavy (non-hydrogen) atoms. The van der Waals surface area contributed by atoms with Crippen molar-refractivity contribution in [2.24, 2.45) is 0 Å². The summed E-state index contributed by atoms with van der Waals surface area (Å²) >= 11 is 0. The Morgan fingerprint density at radius 2 is 1.87 bits per heavy atom. The third-order valence-electron chi connectivity index (χ3n) is 2.09. The van der Waals surface area contributed by atoms with Gasteiger partial charge in [0.05, 0.1) is 11.6 Å². The zero-order chi connectivity index (χ0) is 10.7. The molecule has 1 aromatic carbocycles. The number of halogens is 1. The van der Waals surface area contributed by atoms with Crippen LogP contribution in [0.4, 0.5) is 4.39 Å². The first kappa shape index (κ1) is 9.35. The van der Waals surface area contributed by atoms with Gasteiger partial charge in [-0.2, -0.15) is 5.26 Å². The lowest BCUT2D eigenvalue weighted by Crippen LogP contribution is -1.86. The molecule has 2 rings (SSSR count). The molecule has 0 aliphatic heterocycles. The minimum atomic E-state index is -0.399. The van der Waals surface area contributed by atoms with Gasteiger partial charge in [0.15, 0.2) is 0 Å². The number of nitrogens with zero attached hydrogens (tertiary/aromatic N) is 2. The number of benzene rings is 1. The lowest BCUT2D eigenvalue weighted by molar-refractivity contribution is 0.627. The van der Waals surface area contributed by atoms with E-state index in [1.54, 1.807) is 30.6 Å². The Kier molecular flexibility index (Phi) is 2.42. The quantitative estimate of drug-likeness (QED) is 0.706. The molecule has 0 spiro atoms. The zero-order valence-corrected chi connectivity index (χ0v) is 7.81. The van der Waals surface area contributed by atoms with Crippen LogP contribution in [0.25, 0.3) is 11.1 Å². The minimum absolute atomic E-state index is 0.334. The number of hydrogen-bond donors (Lipinski definition) is 0. The lowest BCUT2D eigenvalue weighted by Gasteiger charge is -2.03. The maximum Gasteiger partial charge on any atom is 0.124 e. The third-order valence-corrected chi connectivity index (χ3v) is 2.09. The van der Waals surface area contributed by atoms with Crippen LogP contribution in [0.15, 0.2) is 42.7 Å². The first-order valence-corrected chi connectivity index (χ1v) is 4.41. The van der Waals surface area contributed by atoms with Crippen LogP contribution < -0.4 is 0 Å². The molecule has 0 saturated heterocycles. The molecule has 0 aliphatic rings. The van der Waals surface area contributed by atoms with Crippen LogP contribution >= 0.6 is 0 Å². The maximum atomic E-state index is 12.9. The highest BCUT2D eigenvalue weighted by Crippen LogP contribution is 2.23. The third kappa shape index (κ3) is 1.84. The van der Waals surface area contributed by atoms with Crippen molar-refractivity contribution in [2.75, 3.05) is 0 Å². The van der Waals surface area contributed by atoms with Crippen molar-refractivity contribution in [3.05, 3.63) is 54.1 Å². The average molecular weight is 198 g/mol. The van der Waals surface area contributed by atoms with Crippen LogP contribution in [-0.2, 0) is 0 Å². The smallest absolute Gasteiger partial charge is 0.124 e. The Morgan fingerprint density at radius 1 is 1.13 bits per heavy atom. The van der Waals surface area contributed by atoms with Gasteiger partial charge >= 0.3 is 0 Å². The summed E-state index contributed by atoms with van der Waals surface area (Å²) in [4.78, 5) is 3.89. The molecule has 2 nitrogen and oxygen atoms in total. The summed E-state index contributed by atoms with van der Waals surface area (Å²) in [7, 11) is 0. The van der Waals surface area contributed by atoms with Gasteiger partial charge in [0.1, 0.15) is 5.82 Å². The second-order valence-electron chi connectivity index (χ2n) is 3.04. The summed E-state index contributed by atoms with van der Waals surface area (Å²) in [5, 5.41) is 8.87. The Bertz CT molecular complexity index is 515. The molecule has 0 saturated carbocycles. The fourth-order valence-electron chi connectivity index (χ4n) is 1.39. The highest BCUT2D eigenvalue weighted by Gasteiger charge is 2.05. The average Bonchev–Trinajstić information content (AvgIpc) is 2.30. The van der Waals surface area contributed by atoms with Crippen molar-refractivity contribution >= 4 is 0 Å². The number of aromatic nitrogens is 1. The largest absolute Gasteiger partial charge is 0.265 e. The second kappa shape index (κ2) is 3.89. The second-order valence-corrected chi connectivity index (χ2v) is 3.04. The van der Waals surface area contributed by atoms with Crippen molar-refractivity contribution in [1.82, 2.24) is 4.98 Å². The van der Waals surface area contributed by atoms with Gasteiger partial charge in [0.25, 0.3) is 0 Å². The van der Waals surface area contributed by atoms with E-state index in [1.165, 1.54) is 12.1 Å². The topological polar surface area (TPSA) is 36.7 Å². The number of hydrogen-bond acceptors (Lipinski definition) is 2. The Balaban J connectivity index is 2.60. The molecule has 2 aromatic rings. The predicted octanol–water partition coefficient (Wildman–Crippen LogP) is 2.76. The molecule has 0 fully saturated rings. The molecule has 1 aromatic heterocycles. The van der Waals surface area contributed by atoms with Crippen molar-refractivity contribution in [2.45, 2.75) is 0 Å². The minimum Gasteiger partial charge on any atom is -0.265 e. The standard InChI is InChI=1S/C12H7FN2/c13-11-1-2-12(10(7-11)8-14)9-3-5-15-6-4-9/h1-7H. The van der Waals surface area contributed by atoms with Crippen molar-refractivity contribution in [3.63, 3.8) is 0 Å². The van der Waals surface area contributed by atoms with Crippen LogP contribution in [-0.4, -0.2) is 4.98 Å². The predicted molar refractivity (Wildman–Crippen MR) is 54.3 cm³/mol. The van der Waals surface area contributed by atoms with E-state index in [0.29, 0.717) is 5.56 Å². The Labute approximate surface area is 86.6 Å². The van der Waals surface area contributed by atoms with Gasteiger partial charge in [-0.25, -0.2) is 4.39 Å². The Hall–Kier alpha value is -2.21. The first-order chi connectivity index (χ1) is 7.31. The van der Waals surface area contributed by atoms with E-state index >= 15 is 0 Å². The molecular formula is C12H7FN2. The monoisotopic (exact) mass is 198 g/mol. The molecule has 0 atom stereocenters. The SMILES string of the molecule is N#Cc1cc(F)ccc1-c1ccncc1. The fourth-order valence-corrected chi connectivity index (χ4v) is 1.39. The van der Waals surface area contributed by atoms with Gasteiger partial charge < -0.3 is 0 Å². The summed E-state index contributed by atoms with van der Waals surface area (Å²) in [6.45, 7) is 0. The highest BCUT2D eigenvalue weighted by molar-refractivity contribution is 5.69. The van der Waals surface area contributed by atoms with E-state index in [-0.39, 0.29) is 0 Å². The van der Waals surface area contributed by atoms with E-state index in [1.807, 2.05) is 6.07 Å². The number of nitriles is 1. The summed E-state index contributed by atoms with van der Waals surface area (Å²) in [6.07, 6.45) is 3.28. The van der Waals surface area contributed by atoms with E-state index in [0.717, 1.165) is 11.1 Å².